The zero-order valence-electron chi connectivity index (χ0n) is 6.13. The second kappa shape index (κ2) is 15.8. The summed E-state index contributed by atoms with van der Waals surface area (Å²) in [5.41, 5.74) is 0. The van der Waals surface area contributed by atoms with Gasteiger partial charge in [-0.1, -0.05) is 0 Å². The van der Waals surface area contributed by atoms with Crippen LogP contribution in [0.25, 0.3) is 0 Å². The predicted octanol–water partition coefficient (Wildman–Crippen LogP) is -17.1. The van der Waals surface area contributed by atoms with Gasteiger partial charge in [0.2, 0.25) is 0 Å². The van der Waals surface area contributed by atoms with Gasteiger partial charge in [0, 0.05) is 0 Å². The average Bonchev–Trinajstić information content (AvgIpc) is 0.722. The van der Waals surface area contributed by atoms with Gasteiger partial charge in [-0.3, -0.25) is 0 Å². The molecule has 9 heteroatoms. The fraction of sp³-hybridized carbons (Fsp3) is 0. The molecule has 0 aliphatic carbocycles. The molecule has 4 nitrogen and oxygen atoms in total. The minimum absolute atomic E-state index is 0. The van der Waals surface area contributed by atoms with Crippen LogP contribution in [-0.4, -0.2) is 9.05 Å². The van der Waals surface area contributed by atoms with Crippen LogP contribution in [0.1, 0.15) is 0 Å². The van der Waals surface area contributed by atoms with Crippen LogP contribution in [0.2, 0.25) is 0 Å². The van der Waals surface area contributed by atoms with E-state index in [0.29, 0.717) is 0 Å². The molecule has 0 heterocycles. The molecule has 0 saturated carbocycles. The quantitative estimate of drug-likeness (QED) is 0.376. The van der Waals surface area contributed by atoms with Crippen LogP contribution in [0, 0.1) is 0 Å². The van der Waals surface area contributed by atoms with E-state index in [0.717, 1.165) is 0 Å². The molecule has 0 bridgehead atoms. The SMILES string of the molecule is [K+].[K+].[Na+].[Na+].[O-][Si]([O-])([O-])[O-]. The van der Waals surface area contributed by atoms with E-state index in [4.69, 9.17) is 19.2 Å². The van der Waals surface area contributed by atoms with Gasteiger partial charge in [-0.15, -0.1) is 0 Å². The first-order chi connectivity index (χ1) is 2.00. The van der Waals surface area contributed by atoms with Crippen molar-refractivity contribution in [1.29, 1.82) is 0 Å². The van der Waals surface area contributed by atoms with Crippen molar-refractivity contribution in [3.8, 4) is 0 Å². The standard InChI is InChI=1S/2K.2Na.O4Si/c;;;;1-5(2,3)4/q4*+1;-4. The van der Waals surface area contributed by atoms with E-state index < -0.39 is 9.05 Å². The van der Waals surface area contributed by atoms with Gasteiger partial charge >= 0.3 is 162 Å². The Morgan fingerprint density at radius 2 is 0.667 bits per heavy atom. The second-order valence-electron chi connectivity index (χ2n) is 0.500. The smallest absolute Gasteiger partial charge is 0.894 e. The summed E-state index contributed by atoms with van der Waals surface area (Å²) in [5.74, 6) is 0. The normalized spacial score (nSPS) is 6.67. The Balaban J connectivity index is -0.0000000133. The van der Waals surface area contributed by atoms with Gasteiger partial charge in [-0.25, -0.2) is 0 Å². The van der Waals surface area contributed by atoms with Crippen LogP contribution >= 0.6 is 0 Å². The summed E-state index contributed by atoms with van der Waals surface area (Å²) < 4.78 is 0. The van der Waals surface area contributed by atoms with Crippen molar-refractivity contribution in [3.05, 3.63) is 0 Å². The van der Waals surface area contributed by atoms with Crippen molar-refractivity contribution in [3.63, 3.8) is 0 Å². The molecule has 0 saturated heterocycles. The van der Waals surface area contributed by atoms with Gasteiger partial charge in [0.25, 0.3) is 0 Å². The van der Waals surface area contributed by atoms with E-state index in [1.807, 2.05) is 0 Å². The zero-order valence-corrected chi connectivity index (χ0v) is 17.4. The van der Waals surface area contributed by atoms with Crippen LogP contribution in [-0.2, 0) is 0 Å². The monoisotopic (exact) mass is 216 g/mol. The predicted molar refractivity (Wildman–Crippen MR) is 5.75 cm³/mol. The van der Waals surface area contributed by atoms with E-state index in [9.17, 15) is 0 Å². The molecule has 0 fully saturated rings. The Hall–Kier alpha value is 5.33. The maximum atomic E-state index is 8.58. The summed E-state index contributed by atoms with van der Waals surface area (Å²) in [5, 5.41) is 0. The molecule has 0 aliphatic heterocycles. The molecule has 0 radical (unpaired) electrons. The summed E-state index contributed by atoms with van der Waals surface area (Å²) in [6.07, 6.45) is 0. The molecule has 0 unspecified atom stereocenters. The summed E-state index contributed by atoms with van der Waals surface area (Å²) in [4.78, 5) is 34.3. The van der Waals surface area contributed by atoms with Crippen molar-refractivity contribution in [1.82, 2.24) is 0 Å². The molecule has 32 valence electrons. The summed E-state index contributed by atoms with van der Waals surface area (Å²) in [7, 11) is -5.61. The molecule has 0 aromatic rings. The first-order valence-electron chi connectivity index (χ1n) is 0.816. The van der Waals surface area contributed by atoms with Crippen molar-refractivity contribution < 1.29 is 181 Å². The Morgan fingerprint density at radius 1 is 0.667 bits per heavy atom. The van der Waals surface area contributed by atoms with Gasteiger partial charge in [-0.05, 0) is 0 Å². The first-order valence-corrected chi connectivity index (χ1v) is 2.45. The molecular formula is K2Na2O4Si. The van der Waals surface area contributed by atoms with Gasteiger partial charge < -0.3 is 28.2 Å². The van der Waals surface area contributed by atoms with E-state index in [2.05, 4.69) is 0 Å². The van der Waals surface area contributed by atoms with E-state index in [1.54, 1.807) is 0 Å². The van der Waals surface area contributed by atoms with Gasteiger partial charge in [0.1, 0.15) is 0 Å². The van der Waals surface area contributed by atoms with Crippen LogP contribution in [0.4, 0.5) is 0 Å². The van der Waals surface area contributed by atoms with Crippen molar-refractivity contribution in [2.24, 2.45) is 0 Å². The molecule has 0 amide bonds. The number of hydrogen-bond acceptors (Lipinski definition) is 4. The minimum Gasteiger partial charge on any atom is -0.894 e. The minimum atomic E-state index is -5.61. The molecule has 0 atom stereocenters. The Bertz CT molecular complexity index is 32.0. The van der Waals surface area contributed by atoms with Crippen LogP contribution in [0.3, 0.4) is 0 Å². The zero-order chi connectivity index (χ0) is 4.50. The van der Waals surface area contributed by atoms with Crippen LogP contribution in [0.5, 0.6) is 0 Å². The largest absolute Gasteiger partial charge is 1.00 e. The molecule has 0 N–H and O–H groups in total. The van der Waals surface area contributed by atoms with Crippen LogP contribution < -0.4 is 181 Å². The summed E-state index contributed by atoms with van der Waals surface area (Å²) >= 11 is 0. The topological polar surface area (TPSA) is 92.2 Å². The van der Waals surface area contributed by atoms with E-state index >= 15 is 0 Å². The fourth-order valence-electron chi connectivity index (χ4n) is 0. The molecule has 0 aliphatic rings. The maximum Gasteiger partial charge on any atom is 1.00 e. The van der Waals surface area contributed by atoms with Gasteiger partial charge in [0.05, 0.1) is 0 Å². The number of hydrogen-bond donors (Lipinski definition) is 0. The average molecular weight is 216 g/mol. The molecular weight excluding hydrogens is 216 g/mol. The third kappa shape index (κ3) is 60.2. The molecule has 9 heavy (non-hydrogen) atoms. The van der Waals surface area contributed by atoms with E-state index in [1.165, 1.54) is 0 Å². The first kappa shape index (κ1) is 29.3. The summed E-state index contributed by atoms with van der Waals surface area (Å²) in [6.45, 7) is 0. The van der Waals surface area contributed by atoms with Gasteiger partial charge in [0.15, 0.2) is 0 Å². The fourth-order valence-corrected chi connectivity index (χ4v) is 0. The molecule has 0 aromatic carbocycles. The third-order valence-electron chi connectivity index (χ3n) is 0. The van der Waals surface area contributed by atoms with Crippen molar-refractivity contribution >= 4 is 9.05 Å². The Labute approximate surface area is 184 Å². The maximum absolute atomic E-state index is 8.58. The van der Waals surface area contributed by atoms with Crippen molar-refractivity contribution in [2.45, 2.75) is 0 Å². The molecule has 0 rings (SSSR count). The molecule has 0 aromatic heterocycles. The molecule has 0 spiro atoms. The van der Waals surface area contributed by atoms with Gasteiger partial charge in [-0.2, -0.15) is 0 Å². The second-order valence-corrected chi connectivity index (χ2v) is 1.50. The van der Waals surface area contributed by atoms with E-state index in [-0.39, 0.29) is 162 Å². The Morgan fingerprint density at radius 3 is 0.667 bits per heavy atom. The Kier molecular flexibility index (Phi) is 51.3. The van der Waals surface area contributed by atoms with Crippen LogP contribution in [0.15, 0.2) is 0 Å². The summed E-state index contributed by atoms with van der Waals surface area (Å²) in [6, 6.07) is 0. The van der Waals surface area contributed by atoms with Crippen molar-refractivity contribution in [2.75, 3.05) is 0 Å². The number of rotatable bonds is 0. The third-order valence-corrected chi connectivity index (χ3v) is 0.